The Kier molecular flexibility index (Phi) is 5.78. The van der Waals surface area contributed by atoms with Crippen molar-refractivity contribution in [1.82, 2.24) is 9.62 Å². The predicted octanol–water partition coefficient (Wildman–Crippen LogP) is 1.97. The van der Waals surface area contributed by atoms with Crippen LogP contribution in [-0.4, -0.2) is 31.9 Å². The van der Waals surface area contributed by atoms with Crippen molar-refractivity contribution >= 4 is 10.0 Å². The minimum atomic E-state index is -3.56. The standard InChI is InChI=1S/C13H22N2O3S/c1-5-9-15(6-2)19(16,17)13-8-7-12(18-13)10-14-11(3)4/h5,7-8,11,14H,1,6,9-10H2,2-4H3. The molecule has 0 spiro atoms. The van der Waals surface area contributed by atoms with E-state index in [1.54, 1.807) is 19.1 Å². The Hall–Kier alpha value is -1.11. The summed E-state index contributed by atoms with van der Waals surface area (Å²) in [5, 5.41) is 3.16. The fourth-order valence-corrected chi connectivity index (χ4v) is 2.91. The number of likely N-dealkylation sites (N-methyl/N-ethyl adjacent to an activating group) is 1. The molecule has 0 fully saturated rings. The van der Waals surface area contributed by atoms with Crippen molar-refractivity contribution in [2.75, 3.05) is 13.1 Å². The molecule has 0 amide bonds. The minimum Gasteiger partial charge on any atom is -0.447 e. The Morgan fingerprint density at radius 2 is 2.16 bits per heavy atom. The fourth-order valence-electron chi connectivity index (χ4n) is 1.57. The maximum absolute atomic E-state index is 12.3. The lowest BCUT2D eigenvalue weighted by atomic mass is 10.3. The van der Waals surface area contributed by atoms with Crippen molar-refractivity contribution in [2.45, 2.75) is 38.5 Å². The quantitative estimate of drug-likeness (QED) is 0.742. The van der Waals surface area contributed by atoms with Gasteiger partial charge < -0.3 is 9.73 Å². The molecule has 0 unspecified atom stereocenters. The van der Waals surface area contributed by atoms with E-state index in [-0.39, 0.29) is 11.6 Å². The van der Waals surface area contributed by atoms with E-state index in [4.69, 9.17) is 4.42 Å². The van der Waals surface area contributed by atoms with Crippen molar-refractivity contribution in [1.29, 1.82) is 0 Å². The summed E-state index contributed by atoms with van der Waals surface area (Å²) in [6, 6.07) is 3.50. The molecule has 108 valence electrons. The van der Waals surface area contributed by atoms with Gasteiger partial charge in [0, 0.05) is 19.1 Å². The van der Waals surface area contributed by atoms with Crippen LogP contribution in [0.15, 0.2) is 34.3 Å². The average Bonchev–Trinajstić information content (AvgIpc) is 2.82. The summed E-state index contributed by atoms with van der Waals surface area (Å²) >= 11 is 0. The molecular formula is C13H22N2O3S. The highest BCUT2D eigenvalue weighted by molar-refractivity contribution is 7.89. The summed E-state index contributed by atoms with van der Waals surface area (Å²) < 4.78 is 31.3. The van der Waals surface area contributed by atoms with Crippen LogP contribution in [0.5, 0.6) is 0 Å². The number of sulfonamides is 1. The van der Waals surface area contributed by atoms with Crippen LogP contribution in [0, 0.1) is 0 Å². The van der Waals surface area contributed by atoms with E-state index >= 15 is 0 Å². The van der Waals surface area contributed by atoms with Gasteiger partial charge in [-0.2, -0.15) is 4.31 Å². The van der Waals surface area contributed by atoms with E-state index in [1.807, 2.05) is 13.8 Å². The van der Waals surface area contributed by atoms with Crippen LogP contribution < -0.4 is 5.32 Å². The third-order valence-electron chi connectivity index (χ3n) is 2.60. The summed E-state index contributed by atoms with van der Waals surface area (Å²) in [5.41, 5.74) is 0. The van der Waals surface area contributed by atoms with Crippen molar-refractivity contribution in [3.63, 3.8) is 0 Å². The van der Waals surface area contributed by atoms with Gasteiger partial charge in [0.25, 0.3) is 10.0 Å². The third kappa shape index (κ3) is 4.19. The largest absolute Gasteiger partial charge is 0.447 e. The second-order valence-corrected chi connectivity index (χ2v) is 6.37. The highest BCUT2D eigenvalue weighted by Gasteiger charge is 2.25. The molecule has 5 nitrogen and oxygen atoms in total. The summed E-state index contributed by atoms with van der Waals surface area (Å²) in [6.45, 7) is 10.6. The van der Waals surface area contributed by atoms with E-state index < -0.39 is 10.0 Å². The predicted molar refractivity (Wildman–Crippen MR) is 75.3 cm³/mol. The molecule has 1 aromatic rings. The van der Waals surface area contributed by atoms with Gasteiger partial charge in [0.1, 0.15) is 5.76 Å². The summed E-state index contributed by atoms with van der Waals surface area (Å²) in [6.07, 6.45) is 1.56. The van der Waals surface area contributed by atoms with Gasteiger partial charge in [-0.15, -0.1) is 6.58 Å². The first-order valence-corrected chi connectivity index (χ1v) is 7.79. The monoisotopic (exact) mass is 286 g/mol. The van der Waals surface area contributed by atoms with Crippen LogP contribution in [0.4, 0.5) is 0 Å². The van der Waals surface area contributed by atoms with Crippen LogP contribution in [0.1, 0.15) is 26.5 Å². The Bertz CT molecular complexity index is 506. The molecule has 1 heterocycles. The Labute approximate surface area is 115 Å². The number of hydrogen-bond acceptors (Lipinski definition) is 4. The average molecular weight is 286 g/mol. The minimum absolute atomic E-state index is 0.0169. The second kappa shape index (κ2) is 6.88. The Morgan fingerprint density at radius 1 is 1.47 bits per heavy atom. The van der Waals surface area contributed by atoms with Crippen LogP contribution in [0.25, 0.3) is 0 Å². The summed E-state index contributed by atoms with van der Waals surface area (Å²) in [5.74, 6) is 0.613. The molecule has 0 atom stereocenters. The molecule has 1 N–H and O–H groups in total. The zero-order valence-electron chi connectivity index (χ0n) is 11.7. The van der Waals surface area contributed by atoms with Gasteiger partial charge in [0.05, 0.1) is 6.54 Å². The molecule has 0 radical (unpaired) electrons. The van der Waals surface area contributed by atoms with Gasteiger partial charge in [0.2, 0.25) is 5.09 Å². The number of nitrogens with one attached hydrogen (secondary N) is 1. The number of rotatable bonds is 8. The van der Waals surface area contributed by atoms with Crippen LogP contribution in [-0.2, 0) is 16.6 Å². The van der Waals surface area contributed by atoms with Crippen molar-refractivity contribution < 1.29 is 12.8 Å². The Morgan fingerprint density at radius 3 is 2.68 bits per heavy atom. The number of furan rings is 1. The van der Waals surface area contributed by atoms with Crippen LogP contribution in [0.2, 0.25) is 0 Å². The van der Waals surface area contributed by atoms with E-state index in [0.29, 0.717) is 24.9 Å². The van der Waals surface area contributed by atoms with Crippen molar-refractivity contribution in [3.8, 4) is 0 Å². The molecule has 6 heteroatoms. The summed E-state index contributed by atoms with van der Waals surface area (Å²) in [7, 11) is -3.56. The molecule has 1 aromatic heterocycles. The smallest absolute Gasteiger partial charge is 0.276 e. The highest BCUT2D eigenvalue weighted by Crippen LogP contribution is 2.18. The van der Waals surface area contributed by atoms with Gasteiger partial charge in [-0.3, -0.25) is 0 Å². The maximum Gasteiger partial charge on any atom is 0.276 e. The molecule has 0 aliphatic carbocycles. The summed E-state index contributed by atoms with van der Waals surface area (Å²) in [4.78, 5) is 0. The number of hydrogen-bond donors (Lipinski definition) is 1. The van der Waals surface area contributed by atoms with Gasteiger partial charge in [-0.05, 0) is 12.1 Å². The maximum atomic E-state index is 12.3. The van der Waals surface area contributed by atoms with Crippen LogP contribution in [0.3, 0.4) is 0 Å². The van der Waals surface area contributed by atoms with Gasteiger partial charge in [0.15, 0.2) is 0 Å². The second-order valence-electron chi connectivity index (χ2n) is 4.50. The van der Waals surface area contributed by atoms with E-state index in [0.717, 1.165) is 0 Å². The lowest BCUT2D eigenvalue weighted by Gasteiger charge is -2.16. The third-order valence-corrected chi connectivity index (χ3v) is 4.42. The lowest BCUT2D eigenvalue weighted by molar-refractivity contribution is 0.373. The molecule has 0 aromatic carbocycles. The normalized spacial score (nSPS) is 12.3. The molecule has 1 rings (SSSR count). The van der Waals surface area contributed by atoms with Crippen molar-refractivity contribution in [2.24, 2.45) is 0 Å². The molecule has 0 aliphatic heterocycles. The van der Waals surface area contributed by atoms with Crippen LogP contribution >= 0.6 is 0 Å². The molecule has 0 bridgehead atoms. The van der Waals surface area contributed by atoms with Gasteiger partial charge in [-0.1, -0.05) is 26.8 Å². The number of nitrogens with zero attached hydrogens (tertiary/aromatic N) is 1. The van der Waals surface area contributed by atoms with Crippen molar-refractivity contribution in [3.05, 3.63) is 30.5 Å². The van der Waals surface area contributed by atoms with Gasteiger partial charge >= 0.3 is 0 Å². The lowest BCUT2D eigenvalue weighted by Crippen LogP contribution is -2.30. The van der Waals surface area contributed by atoms with Gasteiger partial charge in [-0.25, -0.2) is 8.42 Å². The molecule has 0 saturated carbocycles. The SMILES string of the molecule is C=CCN(CC)S(=O)(=O)c1ccc(CNC(C)C)o1. The van der Waals surface area contributed by atoms with E-state index in [9.17, 15) is 8.42 Å². The first-order chi connectivity index (χ1) is 8.91. The fraction of sp³-hybridized carbons (Fsp3) is 0.538. The van der Waals surface area contributed by atoms with E-state index in [1.165, 1.54) is 10.4 Å². The topological polar surface area (TPSA) is 62.6 Å². The zero-order valence-corrected chi connectivity index (χ0v) is 12.5. The van der Waals surface area contributed by atoms with E-state index in [2.05, 4.69) is 11.9 Å². The molecule has 0 saturated heterocycles. The first-order valence-electron chi connectivity index (χ1n) is 6.35. The Balaban J connectivity index is 2.87. The highest BCUT2D eigenvalue weighted by atomic mass is 32.2. The molecule has 19 heavy (non-hydrogen) atoms. The molecular weight excluding hydrogens is 264 g/mol. The molecule has 0 aliphatic rings. The zero-order chi connectivity index (χ0) is 14.5. The first kappa shape index (κ1) is 15.9.